The molecule has 1 fully saturated rings. The van der Waals surface area contributed by atoms with Gasteiger partial charge in [-0.25, -0.2) is 0 Å². The molecule has 2 aromatic carbocycles. The zero-order valence-corrected chi connectivity index (χ0v) is 16.2. The third-order valence-corrected chi connectivity index (χ3v) is 5.06. The van der Waals surface area contributed by atoms with E-state index < -0.39 is 0 Å². The predicted octanol–water partition coefficient (Wildman–Crippen LogP) is 3.98. The molecule has 0 heterocycles. The number of carbonyl (C=O) groups excluding carboxylic acids is 2. The van der Waals surface area contributed by atoms with Gasteiger partial charge in [0.25, 0.3) is 0 Å². The fourth-order valence-electron chi connectivity index (χ4n) is 3.51. The van der Waals surface area contributed by atoms with Crippen LogP contribution < -0.4 is 21.1 Å². The van der Waals surface area contributed by atoms with Crippen molar-refractivity contribution >= 4 is 28.9 Å². The van der Waals surface area contributed by atoms with Crippen molar-refractivity contribution in [1.82, 2.24) is 0 Å². The standard InChI is InChI=1S/C22H27N3O3/c1-28-20-12-11-18(24-21(26)13-15-7-9-17(23)10-8-15)14-19(20)25-22(27)16-5-3-2-4-6-16/h7-12,14,16H,2-6,13,23H2,1H3,(H,24,26)(H,25,27). The summed E-state index contributed by atoms with van der Waals surface area (Å²) in [5.41, 5.74) is 8.40. The lowest BCUT2D eigenvalue weighted by Gasteiger charge is -2.21. The maximum atomic E-state index is 12.6. The van der Waals surface area contributed by atoms with Gasteiger partial charge in [-0.05, 0) is 48.7 Å². The number of amides is 2. The van der Waals surface area contributed by atoms with Crippen LogP contribution in [0.15, 0.2) is 42.5 Å². The molecule has 1 aliphatic rings. The lowest BCUT2D eigenvalue weighted by molar-refractivity contribution is -0.120. The number of benzene rings is 2. The van der Waals surface area contributed by atoms with E-state index in [4.69, 9.17) is 10.5 Å². The van der Waals surface area contributed by atoms with E-state index in [1.165, 1.54) is 6.42 Å². The predicted molar refractivity (Wildman–Crippen MR) is 111 cm³/mol. The molecule has 2 aromatic rings. The molecule has 1 aliphatic carbocycles. The first-order valence-corrected chi connectivity index (χ1v) is 9.68. The van der Waals surface area contributed by atoms with Gasteiger partial charge in [-0.2, -0.15) is 0 Å². The van der Waals surface area contributed by atoms with Gasteiger partial charge >= 0.3 is 0 Å². The molecule has 0 aromatic heterocycles. The number of carbonyl (C=O) groups is 2. The zero-order valence-electron chi connectivity index (χ0n) is 16.2. The molecule has 0 saturated heterocycles. The van der Waals surface area contributed by atoms with E-state index in [1.807, 2.05) is 12.1 Å². The van der Waals surface area contributed by atoms with Crippen molar-refractivity contribution in [2.75, 3.05) is 23.5 Å². The Kier molecular flexibility index (Phi) is 6.53. The van der Waals surface area contributed by atoms with Crippen LogP contribution >= 0.6 is 0 Å². The Hall–Kier alpha value is -3.02. The third kappa shape index (κ3) is 5.25. The second-order valence-corrected chi connectivity index (χ2v) is 7.21. The Labute approximate surface area is 165 Å². The second kappa shape index (κ2) is 9.26. The fraction of sp³-hybridized carbons (Fsp3) is 0.364. The quantitative estimate of drug-likeness (QED) is 0.660. The van der Waals surface area contributed by atoms with Gasteiger partial charge in [-0.1, -0.05) is 31.4 Å². The molecule has 2 amide bonds. The van der Waals surface area contributed by atoms with Crippen molar-refractivity contribution in [2.45, 2.75) is 38.5 Å². The van der Waals surface area contributed by atoms with Crippen molar-refractivity contribution in [2.24, 2.45) is 5.92 Å². The van der Waals surface area contributed by atoms with Crippen LogP contribution in [-0.2, 0) is 16.0 Å². The molecule has 0 radical (unpaired) electrons. The highest BCUT2D eigenvalue weighted by Crippen LogP contribution is 2.30. The summed E-state index contributed by atoms with van der Waals surface area (Å²) in [7, 11) is 1.56. The summed E-state index contributed by atoms with van der Waals surface area (Å²) in [5.74, 6) is 0.491. The first-order chi connectivity index (χ1) is 13.5. The smallest absolute Gasteiger partial charge is 0.228 e. The minimum atomic E-state index is -0.139. The van der Waals surface area contributed by atoms with Crippen molar-refractivity contribution in [3.8, 4) is 5.75 Å². The molecule has 6 nitrogen and oxygen atoms in total. The molecule has 0 spiro atoms. The number of ether oxygens (including phenoxy) is 1. The van der Waals surface area contributed by atoms with Crippen molar-refractivity contribution in [3.63, 3.8) is 0 Å². The van der Waals surface area contributed by atoms with Gasteiger partial charge in [0.15, 0.2) is 0 Å². The molecule has 28 heavy (non-hydrogen) atoms. The van der Waals surface area contributed by atoms with Crippen molar-refractivity contribution in [3.05, 3.63) is 48.0 Å². The van der Waals surface area contributed by atoms with Gasteiger partial charge in [0, 0.05) is 17.3 Å². The van der Waals surface area contributed by atoms with Crippen LogP contribution in [-0.4, -0.2) is 18.9 Å². The van der Waals surface area contributed by atoms with Crippen LogP contribution in [0.3, 0.4) is 0 Å². The van der Waals surface area contributed by atoms with Crippen LogP contribution in [0, 0.1) is 5.92 Å². The van der Waals surface area contributed by atoms with E-state index in [1.54, 1.807) is 37.4 Å². The van der Waals surface area contributed by atoms with E-state index >= 15 is 0 Å². The molecule has 6 heteroatoms. The van der Waals surface area contributed by atoms with Crippen LogP contribution in [0.2, 0.25) is 0 Å². The minimum absolute atomic E-state index is 0.0170. The van der Waals surface area contributed by atoms with Gasteiger partial charge in [-0.15, -0.1) is 0 Å². The van der Waals surface area contributed by atoms with E-state index in [0.717, 1.165) is 31.2 Å². The highest BCUT2D eigenvalue weighted by Gasteiger charge is 2.22. The van der Waals surface area contributed by atoms with Gasteiger partial charge < -0.3 is 21.1 Å². The molecule has 4 N–H and O–H groups in total. The number of nitrogen functional groups attached to an aromatic ring is 1. The molecular formula is C22H27N3O3. The monoisotopic (exact) mass is 381 g/mol. The summed E-state index contributed by atoms with van der Waals surface area (Å²) in [6.07, 6.45) is 5.48. The maximum Gasteiger partial charge on any atom is 0.228 e. The lowest BCUT2D eigenvalue weighted by Crippen LogP contribution is -2.25. The molecule has 148 valence electrons. The normalized spacial score (nSPS) is 14.3. The molecule has 0 bridgehead atoms. The summed E-state index contributed by atoms with van der Waals surface area (Å²) in [4.78, 5) is 24.9. The maximum absolute atomic E-state index is 12.6. The van der Waals surface area contributed by atoms with Crippen molar-refractivity contribution in [1.29, 1.82) is 0 Å². The Morgan fingerprint density at radius 1 is 1.04 bits per heavy atom. The topological polar surface area (TPSA) is 93.4 Å². The number of hydrogen-bond donors (Lipinski definition) is 3. The van der Waals surface area contributed by atoms with Gasteiger partial charge in [0.1, 0.15) is 5.75 Å². The number of nitrogens with two attached hydrogens (primary N) is 1. The van der Waals surface area contributed by atoms with Gasteiger partial charge in [-0.3, -0.25) is 9.59 Å². The Morgan fingerprint density at radius 2 is 1.75 bits per heavy atom. The molecular weight excluding hydrogens is 354 g/mol. The number of anilines is 3. The van der Waals surface area contributed by atoms with E-state index in [2.05, 4.69) is 10.6 Å². The largest absolute Gasteiger partial charge is 0.495 e. The summed E-state index contributed by atoms with van der Waals surface area (Å²) in [6, 6.07) is 12.5. The summed E-state index contributed by atoms with van der Waals surface area (Å²) >= 11 is 0. The number of methoxy groups -OCH3 is 1. The number of rotatable bonds is 6. The number of nitrogens with one attached hydrogen (secondary N) is 2. The Bertz CT molecular complexity index is 827. The lowest BCUT2D eigenvalue weighted by atomic mass is 9.88. The van der Waals surface area contributed by atoms with Crippen LogP contribution in [0.4, 0.5) is 17.1 Å². The van der Waals surface area contributed by atoms with Gasteiger partial charge in [0.05, 0.1) is 19.2 Å². The highest BCUT2D eigenvalue weighted by molar-refractivity contribution is 5.97. The number of hydrogen-bond acceptors (Lipinski definition) is 4. The Morgan fingerprint density at radius 3 is 2.43 bits per heavy atom. The van der Waals surface area contributed by atoms with E-state index in [-0.39, 0.29) is 24.2 Å². The molecule has 0 aliphatic heterocycles. The molecule has 0 atom stereocenters. The second-order valence-electron chi connectivity index (χ2n) is 7.21. The summed E-state index contributed by atoms with van der Waals surface area (Å²) < 4.78 is 5.36. The van der Waals surface area contributed by atoms with E-state index in [9.17, 15) is 9.59 Å². The molecule has 0 unspecified atom stereocenters. The highest BCUT2D eigenvalue weighted by atomic mass is 16.5. The minimum Gasteiger partial charge on any atom is -0.495 e. The summed E-state index contributed by atoms with van der Waals surface area (Å²) in [6.45, 7) is 0. The van der Waals surface area contributed by atoms with Crippen molar-refractivity contribution < 1.29 is 14.3 Å². The van der Waals surface area contributed by atoms with E-state index in [0.29, 0.717) is 22.8 Å². The van der Waals surface area contributed by atoms with Crippen LogP contribution in [0.25, 0.3) is 0 Å². The van der Waals surface area contributed by atoms with Crippen LogP contribution in [0.1, 0.15) is 37.7 Å². The third-order valence-electron chi connectivity index (χ3n) is 5.06. The molecule has 1 saturated carbocycles. The summed E-state index contributed by atoms with van der Waals surface area (Å²) in [5, 5.41) is 5.84. The first-order valence-electron chi connectivity index (χ1n) is 9.68. The zero-order chi connectivity index (χ0) is 19.9. The fourth-order valence-corrected chi connectivity index (χ4v) is 3.51. The SMILES string of the molecule is COc1ccc(NC(=O)Cc2ccc(N)cc2)cc1NC(=O)C1CCCCC1. The Balaban J connectivity index is 1.66. The molecule has 3 rings (SSSR count). The van der Waals surface area contributed by atoms with Crippen LogP contribution in [0.5, 0.6) is 5.75 Å². The average molecular weight is 381 g/mol. The average Bonchev–Trinajstić information content (AvgIpc) is 2.70. The van der Waals surface area contributed by atoms with Gasteiger partial charge in [0.2, 0.25) is 11.8 Å². The first kappa shape index (κ1) is 19.7.